The fourth-order valence-corrected chi connectivity index (χ4v) is 2.20. The van der Waals surface area contributed by atoms with E-state index in [4.69, 9.17) is 10.5 Å². The highest BCUT2D eigenvalue weighted by Gasteiger charge is 2.26. The van der Waals surface area contributed by atoms with E-state index in [0.29, 0.717) is 0 Å². The lowest BCUT2D eigenvalue weighted by Crippen LogP contribution is -2.19. The highest BCUT2D eigenvalue weighted by atomic mass is 16.1. The number of rotatable bonds is 3. The Morgan fingerprint density at radius 1 is 1.15 bits per heavy atom. The second-order valence-corrected chi connectivity index (χ2v) is 4.41. The van der Waals surface area contributed by atoms with Crippen LogP contribution in [0.15, 0.2) is 66.3 Å². The van der Waals surface area contributed by atoms with E-state index in [2.05, 4.69) is 0 Å². The predicted molar refractivity (Wildman–Crippen MR) is 75.3 cm³/mol. The van der Waals surface area contributed by atoms with E-state index in [9.17, 15) is 4.79 Å². The summed E-state index contributed by atoms with van der Waals surface area (Å²) in [6.45, 7) is 0. The van der Waals surface area contributed by atoms with Crippen molar-refractivity contribution in [3.05, 3.63) is 71.8 Å². The van der Waals surface area contributed by atoms with Crippen LogP contribution in [0.25, 0.3) is 0 Å². The van der Waals surface area contributed by atoms with Gasteiger partial charge in [-0.2, -0.15) is 10.5 Å². The van der Waals surface area contributed by atoms with Crippen LogP contribution < -0.4 is 0 Å². The SMILES string of the molecule is N#CC(C#N)=CC(c1ccccc1)C1C=CC=CC1=O. The van der Waals surface area contributed by atoms with Crippen molar-refractivity contribution in [3.63, 3.8) is 0 Å². The van der Waals surface area contributed by atoms with Crippen molar-refractivity contribution in [1.82, 2.24) is 0 Å². The van der Waals surface area contributed by atoms with Gasteiger partial charge in [0.25, 0.3) is 0 Å². The van der Waals surface area contributed by atoms with Gasteiger partial charge in [-0.25, -0.2) is 0 Å². The Balaban J connectivity index is 2.46. The zero-order valence-electron chi connectivity index (χ0n) is 10.7. The average Bonchev–Trinajstić information content (AvgIpc) is 2.51. The maximum absolute atomic E-state index is 12.0. The van der Waals surface area contributed by atoms with Crippen molar-refractivity contribution in [2.75, 3.05) is 0 Å². The minimum atomic E-state index is -0.376. The van der Waals surface area contributed by atoms with Crippen molar-refractivity contribution in [2.24, 2.45) is 5.92 Å². The highest BCUT2D eigenvalue weighted by molar-refractivity contribution is 5.95. The van der Waals surface area contributed by atoms with Gasteiger partial charge in [0.15, 0.2) is 5.78 Å². The summed E-state index contributed by atoms with van der Waals surface area (Å²) in [6, 6.07) is 13.1. The normalized spacial score (nSPS) is 17.9. The number of hydrogen-bond donors (Lipinski definition) is 0. The van der Waals surface area contributed by atoms with Crippen LogP contribution in [0.1, 0.15) is 11.5 Å². The second-order valence-electron chi connectivity index (χ2n) is 4.41. The molecule has 2 rings (SSSR count). The Morgan fingerprint density at radius 3 is 2.45 bits per heavy atom. The Bertz CT molecular complexity index is 653. The number of benzene rings is 1. The van der Waals surface area contributed by atoms with Gasteiger partial charge in [-0.3, -0.25) is 4.79 Å². The molecule has 20 heavy (non-hydrogen) atoms. The molecule has 0 radical (unpaired) electrons. The largest absolute Gasteiger partial charge is 0.294 e. The van der Waals surface area contributed by atoms with E-state index in [1.165, 1.54) is 6.08 Å². The summed E-state index contributed by atoms with van der Waals surface area (Å²) in [5.74, 6) is -0.703. The molecule has 1 aromatic carbocycles. The van der Waals surface area contributed by atoms with Gasteiger partial charge >= 0.3 is 0 Å². The van der Waals surface area contributed by atoms with Gasteiger partial charge in [0, 0.05) is 5.92 Å². The molecule has 2 atom stereocenters. The van der Waals surface area contributed by atoms with E-state index in [1.807, 2.05) is 54.6 Å². The molecule has 0 aliphatic heterocycles. The smallest absolute Gasteiger partial charge is 0.163 e. The molecule has 0 aromatic heterocycles. The van der Waals surface area contributed by atoms with E-state index in [-0.39, 0.29) is 23.2 Å². The van der Waals surface area contributed by atoms with Crippen LogP contribution >= 0.6 is 0 Å². The molecule has 0 heterocycles. The van der Waals surface area contributed by atoms with E-state index >= 15 is 0 Å². The molecule has 1 aromatic rings. The number of carbonyl (C=O) groups is 1. The first-order chi connectivity index (χ1) is 9.76. The van der Waals surface area contributed by atoms with Gasteiger partial charge in [0.05, 0.1) is 5.92 Å². The molecule has 3 nitrogen and oxygen atoms in total. The molecule has 0 N–H and O–H groups in total. The lowest BCUT2D eigenvalue weighted by atomic mass is 9.80. The number of hydrogen-bond acceptors (Lipinski definition) is 3. The summed E-state index contributed by atoms with van der Waals surface area (Å²) >= 11 is 0. The number of nitrogens with zero attached hydrogens (tertiary/aromatic N) is 2. The van der Waals surface area contributed by atoms with E-state index in [1.54, 1.807) is 12.2 Å². The summed E-state index contributed by atoms with van der Waals surface area (Å²) < 4.78 is 0. The Hall–Kier alpha value is -2.91. The molecular weight excluding hydrogens is 248 g/mol. The average molecular weight is 260 g/mol. The molecular formula is C17H12N2O. The van der Waals surface area contributed by atoms with Gasteiger partial charge in [-0.1, -0.05) is 48.6 Å². The number of ketones is 1. The molecule has 0 fully saturated rings. The van der Waals surface area contributed by atoms with Gasteiger partial charge in [-0.05, 0) is 17.7 Å². The molecule has 0 spiro atoms. The molecule has 3 heteroatoms. The monoisotopic (exact) mass is 260 g/mol. The second kappa shape index (κ2) is 6.31. The minimum Gasteiger partial charge on any atom is -0.294 e. The molecule has 1 aliphatic rings. The van der Waals surface area contributed by atoms with Gasteiger partial charge < -0.3 is 0 Å². The van der Waals surface area contributed by atoms with Gasteiger partial charge in [-0.15, -0.1) is 0 Å². The standard InChI is InChI=1S/C17H12N2O/c18-11-13(12-19)10-16(14-6-2-1-3-7-14)15-8-4-5-9-17(15)20/h1-10,15-16H. The summed E-state index contributed by atoms with van der Waals surface area (Å²) in [7, 11) is 0. The topological polar surface area (TPSA) is 64.7 Å². The van der Waals surface area contributed by atoms with Crippen LogP contribution in [-0.2, 0) is 4.79 Å². The Kier molecular flexibility index (Phi) is 4.27. The van der Waals surface area contributed by atoms with Crippen molar-refractivity contribution in [2.45, 2.75) is 5.92 Å². The third-order valence-corrected chi connectivity index (χ3v) is 3.18. The zero-order valence-corrected chi connectivity index (χ0v) is 10.7. The Labute approximate surface area is 117 Å². The molecule has 1 aliphatic carbocycles. The molecule has 0 saturated heterocycles. The van der Waals surface area contributed by atoms with Crippen LogP contribution in [0.3, 0.4) is 0 Å². The van der Waals surface area contributed by atoms with Crippen LogP contribution in [0.5, 0.6) is 0 Å². The molecule has 0 amide bonds. The maximum atomic E-state index is 12.0. The summed E-state index contributed by atoms with van der Waals surface area (Å²) in [6.07, 6.45) is 8.41. The number of nitriles is 2. The number of carbonyl (C=O) groups excluding carboxylic acids is 1. The van der Waals surface area contributed by atoms with Crippen LogP contribution in [-0.4, -0.2) is 5.78 Å². The fraction of sp³-hybridized carbons (Fsp3) is 0.118. The summed E-state index contributed by atoms with van der Waals surface area (Å²) in [4.78, 5) is 12.0. The van der Waals surface area contributed by atoms with Gasteiger partial charge in [0.1, 0.15) is 17.7 Å². The van der Waals surface area contributed by atoms with Crippen molar-refractivity contribution >= 4 is 5.78 Å². The van der Waals surface area contributed by atoms with Crippen molar-refractivity contribution in [1.29, 1.82) is 10.5 Å². The van der Waals surface area contributed by atoms with Crippen molar-refractivity contribution in [3.8, 4) is 12.1 Å². The lowest BCUT2D eigenvalue weighted by Gasteiger charge is -2.21. The third-order valence-electron chi connectivity index (χ3n) is 3.18. The highest BCUT2D eigenvalue weighted by Crippen LogP contribution is 2.30. The van der Waals surface area contributed by atoms with E-state index < -0.39 is 0 Å². The van der Waals surface area contributed by atoms with Gasteiger partial charge in [0.2, 0.25) is 0 Å². The molecule has 0 bridgehead atoms. The first kappa shape index (κ1) is 13.5. The lowest BCUT2D eigenvalue weighted by molar-refractivity contribution is -0.117. The first-order valence-corrected chi connectivity index (χ1v) is 6.22. The zero-order chi connectivity index (χ0) is 14.4. The predicted octanol–water partition coefficient (Wildman–Crippen LogP) is 3.06. The van der Waals surface area contributed by atoms with Crippen molar-refractivity contribution < 1.29 is 4.79 Å². The maximum Gasteiger partial charge on any atom is 0.163 e. The third kappa shape index (κ3) is 2.91. The van der Waals surface area contributed by atoms with Crippen LogP contribution in [0.2, 0.25) is 0 Å². The molecule has 2 unspecified atom stereocenters. The minimum absolute atomic E-state index is 0.0205. The quantitative estimate of drug-likeness (QED) is 0.784. The summed E-state index contributed by atoms with van der Waals surface area (Å²) in [5, 5.41) is 17.9. The Morgan fingerprint density at radius 2 is 1.85 bits per heavy atom. The fourth-order valence-electron chi connectivity index (χ4n) is 2.20. The van der Waals surface area contributed by atoms with Crippen LogP contribution in [0, 0.1) is 28.6 Å². The molecule has 96 valence electrons. The van der Waals surface area contributed by atoms with E-state index in [0.717, 1.165) is 5.56 Å². The first-order valence-electron chi connectivity index (χ1n) is 6.22. The number of allylic oxidation sites excluding steroid dienone is 6. The van der Waals surface area contributed by atoms with Crippen LogP contribution in [0.4, 0.5) is 0 Å². The summed E-state index contributed by atoms with van der Waals surface area (Å²) in [5.41, 5.74) is 0.934. The molecule has 0 saturated carbocycles.